The van der Waals surface area contributed by atoms with Gasteiger partial charge in [-0.2, -0.15) is 0 Å². The van der Waals surface area contributed by atoms with E-state index in [0.717, 1.165) is 15.6 Å². The van der Waals surface area contributed by atoms with Gasteiger partial charge in [0.2, 0.25) is 0 Å². The van der Waals surface area contributed by atoms with Crippen LogP contribution in [-0.2, 0) is 6.54 Å². The second kappa shape index (κ2) is 5.32. The summed E-state index contributed by atoms with van der Waals surface area (Å²) in [6.07, 6.45) is 0. The fourth-order valence-corrected chi connectivity index (χ4v) is 1.90. The van der Waals surface area contributed by atoms with Crippen LogP contribution in [0.15, 0.2) is 46.9 Å². The van der Waals surface area contributed by atoms with Gasteiger partial charge in [0.05, 0.1) is 5.69 Å². The summed E-state index contributed by atoms with van der Waals surface area (Å²) in [5, 5.41) is 3.10. The zero-order chi connectivity index (χ0) is 12.3. The molecule has 0 saturated carbocycles. The van der Waals surface area contributed by atoms with Gasteiger partial charge in [0, 0.05) is 11.0 Å². The number of nitrogens with one attached hydrogen (secondary N) is 1. The van der Waals surface area contributed by atoms with Crippen molar-refractivity contribution in [3.8, 4) is 0 Å². The quantitative estimate of drug-likeness (QED) is 0.878. The number of halogens is 2. The first-order valence-electron chi connectivity index (χ1n) is 5.40. The van der Waals surface area contributed by atoms with E-state index in [9.17, 15) is 4.39 Å². The molecule has 88 valence electrons. The average molecular weight is 294 g/mol. The maximum atomic E-state index is 13.6. The highest BCUT2D eigenvalue weighted by molar-refractivity contribution is 9.10. The third kappa shape index (κ3) is 3.07. The Kier molecular flexibility index (Phi) is 3.79. The Morgan fingerprint density at radius 1 is 1.18 bits per heavy atom. The molecule has 0 aromatic heterocycles. The second-order valence-electron chi connectivity index (χ2n) is 3.92. The first-order valence-corrected chi connectivity index (χ1v) is 6.19. The molecule has 0 aliphatic carbocycles. The maximum Gasteiger partial charge on any atom is 0.147 e. The van der Waals surface area contributed by atoms with Crippen LogP contribution in [0.1, 0.15) is 11.1 Å². The van der Waals surface area contributed by atoms with E-state index < -0.39 is 0 Å². The number of rotatable bonds is 3. The molecule has 0 aliphatic heterocycles. The van der Waals surface area contributed by atoms with E-state index in [0.29, 0.717) is 12.2 Å². The number of hydrogen-bond acceptors (Lipinski definition) is 1. The van der Waals surface area contributed by atoms with Gasteiger partial charge < -0.3 is 5.32 Å². The van der Waals surface area contributed by atoms with Crippen molar-refractivity contribution in [1.29, 1.82) is 0 Å². The van der Waals surface area contributed by atoms with Gasteiger partial charge in [-0.15, -0.1) is 0 Å². The predicted octanol–water partition coefficient (Wildman–Crippen LogP) is 4.51. The Balaban J connectivity index is 2.12. The Labute approximate surface area is 109 Å². The average Bonchev–Trinajstić information content (AvgIpc) is 2.33. The highest BCUT2D eigenvalue weighted by atomic mass is 79.9. The lowest BCUT2D eigenvalue weighted by molar-refractivity contribution is 0.628. The van der Waals surface area contributed by atoms with Gasteiger partial charge >= 0.3 is 0 Å². The van der Waals surface area contributed by atoms with Gasteiger partial charge in [0.25, 0.3) is 0 Å². The normalized spacial score (nSPS) is 10.3. The van der Waals surface area contributed by atoms with Crippen molar-refractivity contribution in [2.45, 2.75) is 13.5 Å². The molecule has 0 spiro atoms. The smallest absolute Gasteiger partial charge is 0.147 e. The van der Waals surface area contributed by atoms with Crippen molar-refractivity contribution < 1.29 is 4.39 Å². The standard InChI is InChI=1S/C14H13BrFN/c1-10-7-14(13(16)8-12(10)15)17-9-11-5-3-2-4-6-11/h2-8,17H,9H2,1H3. The molecular formula is C14H13BrFN. The fraction of sp³-hybridized carbons (Fsp3) is 0.143. The zero-order valence-electron chi connectivity index (χ0n) is 9.50. The fourth-order valence-electron chi connectivity index (χ4n) is 1.59. The number of aryl methyl sites for hydroxylation is 1. The van der Waals surface area contributed by atoms with E-state index >= 15 is 0 Å². The molecule has 0 aliphatic rings. The van der Waals surface area contributed by atoms with Crippen molar-refractivity contribution in [2.24, 2.45) is 0 Å². The molecule has 3 heteroatoms. The third-order valence-electron chi connectivity index (χ3n) is 2.57. The van der Waals surface area contributed by atoms with Crippen molar-refractivity contribution in [3.63, 3.8) is 0 Å². The van der Waals surface area contributed by atoms with Gasteiger partial charge in [-0.05, 0) is 30.2 Å². The van der Waals surface area contributed by atoms with E-state index in [4.69, 9.17) is 0 Å². The van der Waals surface area contributed by atoms with E-state index in [2.05, 4.69) is 21.2 Å². The predicted molar refractivity (Wildman–Crippen MR) is 72.6 cm³/mol. The molecule has 0 fully saturated rings. The van der Waals surface area contributed by atoms with Crippen LogP contribution in [0.3, 0.4) is 0 Å². The summed E-state index contributed by atoms with van der Waals surface area (Å²) in [6, 6.07) is 13.2. The lowest BCUT2D eigenvalue weighted by atomic mass is 10.2. The summed E-state index contributed by atoms with van der Waals surface area (Å²) >= 11 is 3.31. The van der Waals surface area contributed by atoms with Gasteiger partial charge in [-0.3, -0.25) is 0 Å². The van der Waals surface area contributed by atoms with Crippen LogP contribution in [0.2, 0.25) is 0 Å². The molecule has 2 aromatic carbocycles. The first kappa shape index (κ1) is 12.1. The van der Waals surface area contributed by atoms with E-state index in [1.807, 2.05) is 43.3 Å². The van der Waals surface area contributed by atoms with E-state index in [1.54, 1.807) is 0 Å². The van der Waals surface area contributed by atoms with Crippen molar-refractivity contribution >= 4 is 21.6 Å². The highest BCUT2D eigenvalue weighted by Gasteiger charge is 2.05. The molecule has 0 bridgehead atoms. The van der Waals surface area contributed by atoms with Crippen LogP contribution in [0, 0.1) is 12.7 Å². The summed E-state index contributed by atoms with van der Waals surface area (Å²) in [4.78, 5) is 0. The number of benzene rings is 2. The van der Waals surface area contributed by atoms with Crippen LogP contribution >= 0.6 is 15.9 Å². The molecule has 0 unspecified atom stereocenters. The monoisotopic (exact) mass is 293 g/mol. The summed E-state index contributed by atoms with van der Waals surface area (Å²) in [6.45, 7) is 2.57. The van der Waals surface area contributed by atoms with Crippen LogP contribution in [0.25, 0.3) is 0 Å². The van der Waals surface area contributed by atoms with Crippen LogP contribution in [0.4, 0.5) is 10.1 Å². The van der Waals surface area contributed by atoms with Crippen LogP contribution in [0.5, 0.6) is 0 Å². The molecule has 2 rings (SSSR count). The number of hydrogen-bond donors (Lipinski definition) is 1. The third-order valence-corrected chi connectivity index (χ3v) is 3.43. The Hall–Kier alpha value is -1.35. The molecule has 17 heavy (non-hydrogen) atoms. The van der Waals surface area contributed by atoms with Gasteiger partial charge in [0.1, 0.15) is 5.82 Å². The Bertz CT molecular complexity index is 511. The van der Waals surface area contributed by atoms with E-state index in [1.165, 1.54) is 6.07 Å². The van der Waals surface area contributed by atoms with Crippen LogP contribution < -0.4 is 5.32 Å². The summed E-state index contributed by atoms with van der Waals surface area (Å²) < 4.78 is 14.4. The summed E-state index contributed by atoms with van der Waals surface area (Å²) in [5.41, 5.74) is 2.68. The lowest BCUT2D eigenvalue weighted by Gasteiger charge is -2.09. The maximum absolute atomic E-state index is 13.6. The lowest BCUT2D eigenvalue weighted by Crippen LogP contribution is -2.01. The van der Waals surface area contributed by atoms with Gasteiger partial charge in [-0.25, -0.2) is 4.39 Å². The molecule has 0 atom stereocenters. The molecule has 0 radical (unpaired) electrons. The zero-order valence-corrected chi connectivity index (χ0v) is 11.1. The molecule has 0 saturated heterocycles. The minimum absolute atomic E-state index is 0.238. The Morgan fingerprint density at radius 3 is 2.59 bits per heavy atom. The number of anilines is 1. The molecule has 0 heterocycles. The second-order valence-corrected chi connectivity index (χ2v) is 4.77. The molecule has 1 N–H and O–H groups in total. The molecular weight excluding hydrogens is 281 g/mol. The van der Waals surface area contributed by atoms with Crippen molar-refractivity contribution in [3.05, 3.63) is 63.9 Å². The van der Waals surface area contributed by atoms with Crippen molar-refractivity contribution in [1.82, 2.24) is 0 Å². The minimum atomic E-state index is -0.238. The van der Waals surface area contributed by atoms with Crippen LogP contribution in [-0.4, -0.2) is 0 Å². The summed E-state index contributed by atoms with van der Waals surface area (Å²) in [5.74, 6) is -0.238. The first-order chi connectivity index (χ1) is 8.16. The van der Waals surface area contributed by atoms with Gasteiger partial charge in [0.15, 0.2) is 0 Å². The Morgan fingerprint density at radius 2 is 1.88 bits per heavy atom. The van der Waals surface area contributed by atoms with Gasteiger partial charge in [-0.1, -0.05) is 46.3 Å². The largest absolute Gasteiger partial charge is 0.379 e. The molecule has 1 nitrogen and oxygen atoms in total. The molecule has 2 aromatic rings. The summed E-state index contributed by atoms with van der Waals surface area (Å²) in [7, 11) is 0. The van der Waals surface area contributed by atoms with Crippen molar-refractivity contribution in [2.75, 3.05) is 5.32 Å². The molecule has 0 amide bonds. The topological polar surface area (TPSA) is 12.0 Å². The minimum Gasteiger partial charge on any atom is -0.379 e. The SMILES string of the molecule is Cc1cc(NCc2ccccc2)c(F)cc1Br. The van der Waals surface area contributed by atoms with E-state index in [-0.39, 0.29) is 5.82 Å². The highest BCUT2D eigenvalue weighted by Crippen LogP contribution is 2.24.